The summed E-state index contributed by atoms with van der Waals surface area (Å²) < 4.78 is 1.20. The maximum atomic E-state index is 13.1. The summed E-state index contributed by atoms with van der Waals surface area (Å²) in [6.07, 6.45) is 3.75. The van der Waals surface area contributed by atoms with Gasteiger partial charge in [0, 0.05) is 37.8 Å². The van der Waals surface area contributed by atoms with Crippen molar-refractivity contribution in [3.63, 3.8) is 0 Å². The van der Waals surface area contributed by atoms with Gasteiger partial charge in [-0.15, -0.1) is 0 Å². The molecule has 8 nitrogen and oxygen atoms in total. The number of anilines is 1. The summed E-state index contributed by atoms with van der Waals surface area (Å²) >= 11 is 6.04. The maximum Gasteiger partial charge on any atom is 0.274 e. The molecule has 0 spiro atoms. The first-order valence-electron chi connectivity index (χ1n) is 10.0. The second-order valence-electron chi connectivity index (χ2n) is 7.89. The molecule has 0 saturated carbocycles. The number of hydrogen-bond acceptors (Lipinski definition) is 6. The third-order valence-electron chi connectivity index (χ3n) is 6.12. The van der Waals surface area contributed by atoms with Crippen LogP contribution in [0.1, 0.15) is 23.3 Å². The molecule has 1 amide bonds. The third kappa shape index (κ3) is 3.31. The first-order valence-corrected chi connectivity index (χ1v) is 10.4. The van der Waals surface area contributed by atoms with E-state index in [4.69, 9.17) is 16.6 Å². The van der Waals surface area contributed by atoms with E-state index in [1.54, 1.807) is 19.3 Å². The van der Waals surface area contributed by atoms with Crippen LogP contribution in [0.25, 0.3) is 11.0 Å². The number of nitrogens with zero attached hydrogens (tertiary/aromatic N) is 6. The Balaban J connectivity index is 1.39. The van der Waals surface area contributed by atoms with E-state index in [1.807, 2.05) is 17.0 Å². The lowest BCUT2D eigenvalue weighted by Gasteiger charge is -2.38. The molecule has 3 aromatic rings. The van der Waals surface area contributed by atoms with Gasteiger partial charge in [0.2, 0.25) is 0 Å². The Morgan fingerprint density at radius 2 is 1.97 bits per heavy atom. The highest BCUT2D eigenvalue weighted by molar-refractivity contribution is 6.31. The van der Waals surface area contributed by atoms with Gasteiger partial charge in [-0.3, -0.25) is 14.6 Å². The zero-order valence-electron chi connectivity index (χ0n) is 16.5. The fourth-order valence-corrected chi connectivity index (χ4v) is 4.66. The highest BCUT2D eigenvalue weighted by Crippen LogP contribution is 2.34. The highest BCUT2D eigenvalue weighted by atomic mass is 35.5. The minimum absolute atomic E-state index is 0.0907. The topological polar surface area (TPSA) is 84.2 Å². The number of aromatic nitrogens is 4. The molecule has 4 heterocycles. The van der Waals surface area contributed by atoms with Gasteiger partial charge in [0.05, 0.1) is 23.3 Å². The zero-order valence-corrected chi connectivity index (χ0v) is 17.3. The first kappa shape index (κ1) is 19.0. The number of rotatable bonds is 2. The lowest BCUT2D eigenvalue weighted by Crippen LogP contribution is -2.50. The van der Waals surface area contributed by atoms with Gasteiger partial charge in [0.1, 0.15) is 11.5 Å². The van der Waals surface area contributed by atoms with Crippen LogP contribution < -0.4 is 10.5 Å². The quantitative estimate of drug-likeness (QED) is 0.626. The molecule has 0 bridgehead atoms. The largest absolute Gasteiger partial charge is 0.353 e. The van der Waals surface area contributed by atoms with Crippen molar-refractivity contribution in [2.24, 2.45) is 13.0 Å². The van der Waals surface area contributed by atoms with Crippen molar-refractivity contribution in [1.29, 1.82) is 0 Å². The monoisotopic (exact) mass is 424 g/mol. The van der Waals surface area contributed by atoms with E-state index in [1.165, 1.54) is 16.8 Å². The Morgan fingerprint density at radius 3 is 2.80 bits per heavy atom. The number of carbonyl (C=O) groups excluding carboxylic acids is 1. The first-order chi connectivity index (χ1) is 14.5. The van der Waals surface area contributed by atoms with Crippen LogP contribution in [0.4, 0.5) is 5.82 Å². The minimum atomic E-state index is -0.231. The van der Waals surface area contributed by atoms with E-state index in [2.05, 4.69) is 15.0 Å². The second kappa shape index (κ2) is 7.36. The summed E-state index contributed by atoms with van der Waals surface area (Å²) in [4.78, 5) is 38.1. The predicted molar refractivity (Wildman–Crippen MR) is 114 cm³/mol. The van der Waals surface area contributed by atoms with Crippen LogP contribution in [-0.2, 0) is 7.05 Å². The van der Waals surface area contributed by atoms with Crippen LogP contribution in [-0.4, -0.2) is 56.2 Å². The van der Waals surface area contributed by atoms with E-state index >= 15 is 0 Å². The van der Waals surface area contributed by atoms with Gasteiger partial charge in [-0.05, 0) is 43.0 Å². The number of halogens is 1. The summed E-state index contributed by atoms with van der Waals surface area (Å²) in [6.45, 7) is 2.29. The zero-order chi connectivity index (χ0) is 20.8. The molecule has 0 aliphatic carbocycles. The van der Waals surface area contributed by atoms with Crippen LogP contribution in [0.5, 0.6) is 0 Å². The molecule has 2 fully saturated rings. The van der Waals surface area contributed by atoms with Gasteiger partial charge in [0.25, 0.3) is 11.5 Å². The average Bonchev–Trinajstić information content (AvgIpc) is 3.18. The Kier molecular flexibility index (Phi) is 4.66. The maximum absolute atomic E-state index is 13.1. The van der Waals surface area contributed by atoms with Crippen molar-refractivity contribution >= 4 is 34.4 Å². The molecule has 2 aromatic heterocycles. The van der Waals surface area contributed by atoms with Crippen molar-refractivity contribution < 1.29 is 4.79 Å². The summed E-state index contributed by atoms with van der Waals surface area (Å²) in [5.41, 5.74) is 1.63. The molecule has 2 atom stereocenters. The van der Waals surface area contributed by atoms with Gasteiger partial charge in [-0.25, -0.2) is 9.67 Å². The number of likely N-dealkylation sites (tertiary alicyclic amines) is 1. The van der Waals surface area contributed by atoms with Crippen LogP contribution in [0.15, 0.2) is 41.3 Å². The average molecular weight is 425 g/mol. The number of hydrogen-bond donors (Lipinski definition) is 0. The van der Waals surface area contributed by atoms with Crippen molar-refractivity contribution in [2.45, 2.75) is 18.9 Å². The van der Waals surface area contributed by atoms with Crippen LogP contribution in [0.2, 0.25) is 5.02 Å². The molecule has 2 saturated heterocycles. The smallest absolute Gasteiger partial charge is 0.274 e. The SMILES string of the molecule is Cn1nc(C(=O)N2CCC3CCN(c4cnc5cc(Cl)ccc5n4)CC32)ccc1=O. The van der Waals surface area contributed by atoms with E-state index in [-0.39, 0.29) is 17.5 Å². The number of piperidine rings is 1. The van der Waals surface area contributed by atoms with Crippen molar-refractivity contribution in [3.05, 3.63) is 57.6 Å². The third-order valence-corrected chi connectivity index (χ3v) is 6.35. The van der Waals surface area contributed by atoms with Crippen LogP contribution in [0, 0.1) is 5.92 Å². The molecule has 2 aliphatic rings. The van der Waals surface area contributed by atoms with Gasteiger partial charge >= 0.3 is 0 Å². The number of benzene rings is 1. The number of amides is 1. The van der Waals surface area contributed by atoms with Gasteiger partial charge in [0.15, 0.2) is 0 Å². The van der Waals surface area contributed by atoms with E-state index < -0.39 is 0 Å². The molecule has 9 heteroatoms. The Labute approximate surface area is 178 Å². The van der Waals surface area contributed by atoms with Gasteiger partial charge < -0.3 is 9.80 Å². The molecular formula is C21H21ClN6O2. The molecule has 154 valence electrons. The second-order valence-corrected chi connectivity index (χ2v) is 8.33. The summed E-state index contributed by atoms with van der Waals surface area (Å²) in [5, 5.41) is 4.78. The highest BCUT2D eigenvalue weighted by Gasteiger charge is 2.41. The fourth-order valence-electron chi connectivity index (χ4n) is 4.49. The van der Waals surface area contributed by atoms with E-state index in [9.17, 15) is 9.59 Å². The van der Waals surface area contributed by atoms with Gasteiger partial charge in [-0.2, -0.15) is 5.10 Å². The fraction of sp³-hybridized carbons (Fsp3) is 0.381. The van der Waals surface area contributed by atoms with Crippen molar-refractivity contribution in [2.75, 3.05) is 24.5 Å². The summed E-state index contributed by atoms with van der Waals surface area (Å²) in [5.74, 6) is 1.15. The molecular weight excluding hydrogens is 404 g/mol. The Morgan fingerprint density at radius 1 is 1.13 bits per heavy atom. The van der Waals surface area contributed by atoms with Crippen molar-refractivity contribution in [3.8, 4) is 0 Å². The summed E-state index contributed by atoms with van der Waals surface area (Å²) in [7, 11) is 1.56. The molecule has 1 aromatic carbocycles. The van der Waals surface area contributed by atoms with Crippen LogP contribution in [0.3, 0.4) is 0 Å². The van der Waals surface area contributed by atoms with Gasteiger partial charge in [-0.1, -0.05) is 11.6 Å². The molecule has 0 radical (unpaired) electrons. The Bertz CT molecular complexity index is 1200. The lowest BCUT2D eigenvalue weighted by atomic mass is 9.92. The van der Waals surface area contributed by atoms with Crippen LogP contribution >= 0.6 is 11.6 Å². The molecule has 2 aliphatic heterocycles. The predicted octanol–water partition coefficient (Wildman–Crippen LogP) is 2.12. The normalized spacial score (nSPS) is 21.1. The number of fused-ring (bicyclic) bond motifs is 2. The summed E-state index contributed by atoms with van der Waals surface area (Å²) in [6, 6.07) is 8.48. The molecule has 30 heavy (non-hydrogen) atoms. The van der Waals surface area contributed by atoms with Crippen molar-refractivity contribution in [1.82, 2.24) is 24.6 Å². The molecule has 2 unspecified atom stereocenters. The minimum Gasteiger partial charge on any atom is -0.353 e. The Hall–Kier alpha value is -3.00. The number of aryl methyl sites for hydroxylation is 1. The van der Waals surface area contributed by atoms with E-state index in [0.717, 1.165) is 36.2 Å². The lowest BCUT2D eigenvalue weighted by molar-refractivity contribution is 0.0703. The van der Waals surface area contributed by atoms with E-state index in [0.29, 0.717) is 29.7 Å². The molecule has 5 rings (SSSR count). The standard InChI is InChI=1S/C21H21ClN6O2/c1-26-20(29)5-4-16(25-26)21(30)28-9-7-13-6-8-27(12-18(13)28)19-11-23-17-10-14(22)2-3-15(17)24-19/h2-5,10-11,13,18H,6-9,12H2,1H3. The number of carbonyl (C=O) groups is 1. The molecule has 0 N–H and O–H groups in total.